The predicted molar refractivity (Wildman–Crippen MR) is 97.3 cm³/mol. The molecule has 4 amide bonds. The normalized spacial score (nSPS) is 11.7. The highest BCUT2D eigenvalue weighted by atomic mass is 16.5. The van der Waals surface area contributed by atoms with E-state index in [2.05, 4.69) is 16.0 Å². The van der Waals surface area contributed by atoms with Gasteiger partial charge in [0, 0.05) is 11.1 Å². The third-order valence-electron chi connectivity index (χ3n) is 3.15. The van der Waals surface area contributed by atoms with Gasteiger partial charge in [0.2, 0.25) is 0 Å². The van der Waals surface area contributed by atoms with E-state index in [0.717, 1.165) is 0 Å². The lowest BCUT2D eigenvalue weighted by Crippen LogP contribution is -2.50. The molecule has 1 unspecified atom stereocenters. The quantitative estimate of drug-likeness (QED) is 0.633. The zero-order valence-electron chi connectivity index (χ0n) is 16.0. The number of nitrogens with one attached hydrogen (secondary N) is 3. The molecule has 0 heterocycles. The standard InChI is InChI=1S/C18H25N3O6/c1-11(15(23)20-17(25)21-18(2,3)4)27-14(22)10-19-16(24)12-6-8-13(26-5)9-7-12/h6-9,11H,10H2,1-5H3,(H,19,24)(H2,20,21,23,25). The Morgan fingerprint density at radius 1 is 1.07 bits per heavy atom. The SMILES string of the molecule is COc1ccc(C(=O)NCC(=O)OC(C)C(=O)NC(=O)NC(C)(C)C)cc1. The molecule has 0 saturated carbocycles. The van der Waals surface area contributed by atoms with Gasteiger partial charge < -0.3 is 20.1 Å². The van der Waals surface area contributed by atoms with Gasteiger partial charge in [-0.3, -0.25) is 19.7 Å². The Morgan fingerprint density at radius 2 is 1.67 bits per heavy atom. The summed E-state index contributed by atoms with van der Waals surface area (Å²) in [6.45, 7) is 6.17. The molecule has 3 N–H and O–H groups in total. The van der Waals surface area contributed by atoms with Crippen LogP contribution in [0.2, 0.25) is 0 Å². The van der Waals surface area contributed by atoms with Gasteiger partial charge in [0.1, 0.15) is 12.3 Å². The van der Waals surface area contributed by atoms with E-state index in [4.69, 9.17) is 9.47 Å². The maximum Gasteiger partial charge on any atom is 0.326 e. The molecule has 0 saturated heterocycles. The second-order valence-electron chi connectivity index (χ2n) is 6.74. The number of imide groups is 1. The highest BCUT2D eigenvalue weighted by molar-refractivity contribution is 5.98. The van der Waals surface area contributed by atoms with Crippen LogP contribution in [0.4, 0.5) is 4.79 Å². The highest BCUT2D eigenvalue weighted by Gasteiger charge is 2.22. The average Bonchev–Trinajstić information content (AvgIpc) is 2.57. The fourth-order valence-electron chi connectivity index (χ4n) is 1.87. The van der Waals surface area contributed by atoms with Gasteiger partial charge in [0.05, 0.1) is 7.11 Å². The summed E-state index contributed by atoms with van der Waals surface area (Å²) in [5.74, 6) is -1.46. The van der Waals surface area contributed by atoms with E-state index in [1.54, 1.807) is 45.0 Å². The first-order valence-corrected chi connectivity index (χ1v) is 8.26. The Bertz CT molecular complexity index is 694. The Morgan fingerprint density at radius 3 is 2.19 bits per heavy atom. The lowest BCUT2D eigenvalue weighted by Gasteiger charge is -2.21. The molecule has 148 valence electrons. The lowest BCUT2D eigenvalue weighted by atomic mass is 10.1. The maximum absolute atomic E-state index is 12.0. The molecule has 0 aliphatic heterocycles. The molecular weight excluding hydrogens is 354 g/mol. The topological polar surface area (TPSA) is 123 Å². The number of ether oxygens (including phenoxy) is 2. The fraction of sp³-hybridized carbons (Fsp3) is 0.444. The van der Waals surface area contributed by atoms with Crippen LogP contribution in [0.5, 0.6) is 5.75 Å². The molecule has 0 spiro atoms. The molecule has 1 rings (SSSR count). The number of benzene rings is 1. The summed E-state index contributed by atoms with van der Waals surface area (Å²) in [6, 6.07) is 5.63. The molecule has 1 aromatic rings. The zero-order valence-corrected chi connectivity index (χ0v) is 16.0. The summed E-state index contributed by atoms with van der Waals surface area (Å²) >= 11 is 0. The Labute approximate surface area is 157 Å². The summed E-state index contributed by atoms with van der Waals surface area (Å²) in [4.78, 5) is 47.2. The number of esters is 1. The molecule has 0 aromatic heterocycles. The van der Waals surface area contributed by atoms with Crippen molar-refractivity contribution >= 4 is 23.8 Å². The van der Waals surface area contributed by atoms with Crippen molar-refractivity contribution in [3.05, 3.63) is 29.8 Å². The molecule has 1 aromatic carbocycles. The predicted octanol–water partition coefficient (Wildman–Crippen LogP) is 0.981. The van der Waals surface area contributed by atoms with Crippen molar-refractivity contribution in [2.75, 3.05) is 13.7 Å². The van der Waals surface area contributed by atoms with Crippen molar-refractivity contribution < 1.29 is 28.7 Å². The van der Waals surface area contributed by atoms with E-state index >= 15 is 0 Å². The monoisotopic (exact) mass is 379 g/mol. The molecule has 9 nitrogen and oxygen atoms in total. The molecule has 0 aliphatic carbocycles. The van der Waals surface area contributed by atoms with Crippen molar-refractivity contribution in [1.29, 1.82) is 0 Å². The molecule has 27 heavy (non-hydrogen) atoms. The summed E-state index contributed by atoms with van der Waals surface area (Å²) in [6.07, 6.45) is -1.19. The number of rotatable bonds is 6. The van der Waals surface area contributed by atoms with E-state index in [1.165, 1.54) is 14.0 Å². The van der Waals surface area contributed by atoms with Crippen LogP contribution in [-0.4, -0.2) is 49.1 Å². The van der Waals surface area contributed by atoms with Gasteiger partial charge in [-0.1, -0.05) is 0 Å². The van der Waals surface area contributed by atoms with E-state index < -0.39 is 42.0 Å². The van der Waals surface area contributed by atoms with Crippen LogP contribution in [0.3, 0.4) is 0 Å². The van der Waals surface area contributed by atoms with E-state index in [0.29, 0.717) is 11.3 Å². The third-order valence-corrected chi connectivity index (χ3v) is 3.15. The second kappa shape index (κ2) is 9.56. The van der Waals surface area contributed by atoms with Crippen LogP contribution in [0, 0.1) is 0 Å². The first kappa shape index (κ1) is 21.9. The molecule has 0 radical (unpaired) electrons. The summed E-state index contributed by atoms with van der Waals surface area (Å²) in [5.41, 5.74) is -0.177. The van der Waals surface area contributed by atoms with E-state index in [9.17, 15) is 19.2 Å². The van der Waals surface area contributed by atoms with Gasteiger partial charge in [-0.2, -0.15) is 0 Å². The summed E-state index contributed by atoms with van der Waals surface area (Å²) in [5, 5.41) is 7.01. The molecule has 0 fully saturated rings. The Balaban J connectivity index is 2.43. The van der Waals surface area contributed by atoms with Crippen molar-refractivity contribution in [3.63, 3.8) is 0 Å². The number of urea groups is 1. The van der Waals surface area contributed by atoms with Gasteiger partial charge in [0.25, 0.3) is 11.8 Å². The van der Waals surface area contributed by atoms with E-state index in [-0.39, 0.29) is 0 Å². The smallest absolute Gasteiger partial charge is 0.326 e. The summed E-state index contributed by atoms with van der Waals surface area (Å²) in [7, 11) is 1.51. The van der Waals surface area contributed by atoms with Crippen molar-refractivity contribution in [1.82, 2.24) is 16.0 Å². The van der Waals surface area contributed by atoms with Crippen molar-refractivity contribution in [2.45, 2.75) is 39.3 Å². The summed E-state index contributed by atoms with van der Waals surface area (Å²) < 4.78 is 9.90. The fourth-order valence-corrected chi connectivity index (χ4v) is 1.87. The third kappa shape index (κ3) is 8.21. The van der Waals surface area contributed by atoms with Crippen LogP contribution >= 0.6 is 0 Å². The first-order chi connectivity index (χ1) is 12.5. The first-order valence-electron chi connectivity index (χ1n) is 8.26. The second-order valence-corrected chi connectivity index (χ2v) is 6.74. The van der Waals surface area contributed by atoms with Gasteiger partial charge in [-0.25, -0.2) is 4.79 Å². The van der Waals surface area contributed by atoms with E-state index in [1.807, 2.05) is 0 Å². The number of carbonyl (C=O) groups is 4. The van der Waals surface area contributed by atoms with Gasteiger partial charge in [0.15, 0.2) is 6.10 Å². The minimum Gasteiger partial charge on any atom is -0.497 e. The molecule has 1 atom stereocenters. The molecule has 9 heteroatoms. The number of amides is 4. The minimum atomic E-state index is -1.19. The maximum atomic E-state index is 12.0. The van der Waals surface area contributed by atoms with Gasteiger partial charge >= 0.3 is 12.0 Å². The minimum absolute atomic E-state index is 0.341. The number of hydrogen-bond acceptors (Lipinski definition) is 6. The number of carbonyl (C=O) groups excluding carboxylic acids is 4. The zero-order chi connectivity index (χ0) is 20.6. The van der Waals surface area contributed by atoms with Crippen LogP contribution in [0.15, 0.2) is 24.3 Å². The van der Waals surface area contributed by atoms with Crippen molar-refractivity contribution in [3.8, 4) is 5.75 Å². The number of hydrogen-bond donors (Lipinski definition) is 3. The van der Waals surface area contributed by atoms with Crippen LogP contribution < -0.4 is 20.7 Å². The van der Waals surface area contributed by atoms with Gasteiger partial charge in [-0.05, 0) is 52.0 Å². The Kier molecular flexibility index (Phi) is 7.77. The molecular formula is C18H25N3O6. The molecule has 0 aliphatic rings. The average molecular weight is 379 g/mol. The lowest BCUT2D eigenvalue weighted by molar-refractivity contribution is -0.153. The number of methoxy groups -OCH3 is 1. The van der Waals surface area contributed by atoms with Crippen LogP contribution in [0.25, 0.3) is 0 Å². The highest BCUT2D eigenvalue weighted by Crippen LogP contribution is 2.11. The van der Waals surface area contributed by atoms with Gasteiger partial charge in [-0.15, -0.1) is 0 Å². The molecule has 0 bridgehead atoms. The largest absolute Gasteiger partial charge is 0.497 e. The van der Waals surface area contributed by atoms with Crippen molar-refractivity contribution in [2.24, 2.45) is 0 Å². The van der Waals surface area contributed by atoms with Crippen LogP contribution in [0.1, 0.15) is 38.1 Å². The van der Waals surface area contributed by atoms with Crippen LogP contribution in [-0.2, 0) is 14.3 Å². The Hall–Kier alpha value is -3.10.